The van der Waals surface area contributed by atoms with Crippen LogP contribution in [0.25, 0.3) is 5.65 Å². The van der Waals surface area contributed by atoms with Crippen LogP contribution in [-0.4, -0.2) is 15.9 Å². The predicted molar refractivity (Wildman–Crippen MR) is 57.7 cm³/mol. The van der Waals surface area contributed by atoms with Gasteiger partial charge < -0.3 is 10.1 Å². The molecule has 0 spiro atoms. The number of fused-ring (bicyclic) bond motifs is 1. The minimum absolute atomic E-state index is 0.626. The molecule has 3 nitrogen and oxygen atoms in total. The van der Waals surface area contributed by atoms with Crippen LogP contribution in [0.5, 0.6) is 0 Å². The second kappa shape index (κ2) is 3.59. The van der Waals surface area contributed by atoms with Crippen LogP contribution in [0.4, 0.5) is 0 Å². The number of nitrogens with zero attached hydrogens (tertiary/aromatic N) is 2. The van der Waals surface area contributed by atoms with Crippen LogP contribution in [0.3, 0.4) is 0 Å². The second-order valence-electron chi connectivity index (χ2n) is 3.23. The third kappa shape index (κ3) is 1.38. The molecule has 0 saturated carbocycles. The van der Waals surface area contributed by atoms with Gasteiger partial charge in [0.15, 0.2) is 5.65 Å². The van der Waals surface area contributed by atoms with Crippen molar-refractivity contribution in [2.75, 3.05) is 6.54 Å². The van der Waals surface area contributed by atoms with Crippen molar-refractivity contribution in [2.45, 2.75) is 13.3 Å². The lowest BCUT2D eigenvalue weighted by Gasteiger charge is -2.00. The Morgan fingerprint density at radius 2 is 2.36 bits per heavy atom. The van der Waals surface area contributed by atoms with E-state index in [9.17, 15) is 0 Å². The summed E-state index contributed by atoms with van der Waals surface area (Å²) in [6.07, 6.45) is 2.79. The molecule has 0 aliphatic rings. The van der Waals surface area contributed by atoms with Crippen LogP contribution in [0.2, 0.25) is 5.02 Å². The highest BCUT2D eigenvalue weighted by Crippen LogP contribution is 2.19. The Morgan fingerprint density at radius 3 is 3.07 bits per heavy atom. The maximum atomic E-state index is 6.03. The van der Waals surface area contributed by atoms with Gasteiger partial charge in [-0.15, -0.1) is 0 Å². The van der Waals surface area contributed by atoms with Crippen LogP contribution >= 0.6 is 11.6 Å². The van der Waals surface area contributed by atoms with Gasteiger partial charge in [0.1, 0.15) is 0 Å². The van der Waals surface area contributed by atoms with Gasteiger partial charge in [-0.3, -0.25) is 0 Å². The first-order valence-corrected chi connectivity index (χ1v) is 4.94. The Kier molecular flexibility index (Phi) is 2.44. The smallest absolute Gasteiger partial charge is 0.156 e. The average Bonchev–Trinajstić information content (AvgIpc) is 2.47. The van der Waals surface area contributed by atoms with Gasteiger partial charge in [0.2, 0.25) is 0 Å². The van der Waals surface area contributed by atoms with Crippen molar-refractivity contribution in [1.29, 1.82) is 0 Å². The number of halogens is 1. The first-order chi connectivity index (χ1) is 6.74. The zero-order valence-electron chi connectivity index (χ0n) is 8.00. The lowest BCUT2D eigenvalue weighted by atomic mass is 10.2. The van der Waals surface area contributed by atoms with Gasteiger partial charge in [-0.25, -0.2) is 4.98 Å². The molecule has 0 aromatic carbocycles. The van der Waals surface area contributed by atoms with E-state index in [-0.39, 0.29) is 0 Å². The molecule has 0 atom stereocenters. The topological polar surface area (TPSA) is 43.3 Å². The lowest BCUT2D eigenvalue weighted by Crippen LogP contribution is -2.06. The zero-order valence-corrected chi connectivity index (χ0v) is 8.75. The Hall–Kier alpha value is -1.06. The predicted octanol–water partition coefficient (Wildman–Crippen LogP) is 1.80. The molecular weight excluding hydrogens is 198 g/mol. The van der Waals surface area contributed by atoms with Gasteiger partial charge >= 0.3 is 0 Å². The van der Waals surface area contributed by atoms with Crippen LogP contribution in [0.1, 0.15) is 11.4 Å². The van der Waals surface area contributed by atoms with Gasteiger partial charge in [0, 0.05) is 18.3 Å². The molecule has 0 saturated heterocycles. The van der Waals surface area contributed by atoms with Crippen molar-refractivity contribution < 1.29 is 0 Å². The van der Waals surface area contributed by atoms with E-state index in [0.717, 1.165) is 23.5 Å². The normalized spacial score (nSPS) is 11.1. The average molecular weight is 210 g/mol. The molecule has 4 heteroatoms. The Morgan fingerprint density at radius 1 is 1.57 bits per heavy atom. The molecule has 2 rings (SSSR count). The maximum absolute atomic E-state index is 6.03. The van der Waals surface area contributed by atoms with Crippen LogP contribution in [-0.2, 0) is 6.42 Å². The monoisotopic (exact) mass is 209 g/mol. The summed E-state index contributed by atoms with van der Waals surface area (Å²) in [6.45, 7) is 2.61. The third-order valence-electron chi connectivity index (χ3n) is 2.28. The van der Waals surface area contributed by atoms with Gasteiger partial charge in [0.25, 0.3) is 0 Å². The summed E-state index contributed by atoms with van der Waals surface area (Å²) >= 11 is 6.03. The summed E-state index contributed by atoms with van der Waals surface area (Å²) in [5.41, 5.74) is 8.51. The highest BCUT2D eigenvalue weighted by atomic mass is 35.5. The van der Waals surface area contributed by atoms with E-state index in [1.165, 1.54) is 0 Å². The number of hydrogen-bond acceptors (Lipinski definition) is 2. The molecule has 0 amide bonds. The van der Waals surface area contributed by atoms with Crippen LogP contribution in [0, 0.1) is 6.92 Å². The Balaban J connectivity index is 2.70. The first kappa shape index (κ1) is 9.49. The molecule has 0 aliphatic heterocycles. The highest BCUT2D eigenvalue weighted by molar-refractivity contribution is 6.33. The minimum atomic E-state index is 0.626. The maximum Gasteiger partial charge on any atom is 0.156 e. The molecule has 2 N–H and O–H groups in total. The van der Waals surface area contributed by atoms with Crippen LogP contribution in [0.15, 0.2) is 18.3 Å². The van der Waals surface area contributed by atoms with Crippen LogP contribution < -0.4 is 5.73 Å². The lowest BCUT2D eigenvalue weighted by molar-refractivity contribution is 0.894. The van der Waals surface area contributed by atoms with Crippen molar-refractivity contribution in [3.8, 4) is 0 Å². The number of pyridine rings is 1. The van der Waals surface area contributed by atoms with E-state index in [2.05, 4.69) is 4.98 Å². The van der Waals surface area contributed by atoms with E-state index >= 15 is 0 Å². The van der Waals surface area contributed by atoms with Crippen molar-refractivity contribution in [1.82, 2.24) is 9.38 Å². The van der Waals surface area contributed by atoms with Crippen molar-refractivity contribution in [3.63, 3.8) is 0 Å². The number of hydrogen-bond donors (Lipinski definition) is 1. The summed E-state index contributed by atoms with van der Waals surface area (Å²) < 4.78 is 2.00. The molecule has 2 heterocycles. The quantitative estimate of drug-likeness (QED) is 0.820. The highest BCUT2D eigenvalue weighted by Gasteiger charge is 2.09. The molecule has 0 aliphatic carbocycles. The number of aromatic nitrogens is 2. The molecule has 14 heavy (non-hydrogen) atoms. The fourth-order valence-corrected chi connectivity index (χ4v) is 1.84. The molecule has 2 aromatic heterocycles. The summed E-state index contributed by atoms with van der Waals surface area (Å²) in [7, 11) is 0. The van der Waals surface area contributed by atoms with Crippen molar-refractivity contribution >= 4 is 17.2 Å². The first-order valence-electron chi connectivity index (χ1n) is 4.56. The summed E-state index contributed by atoms with van der Waals surface area (Å²) in [6, 6.07) is 3.76. The number of imidazole rings is 1. The molecule has 74 valence electrons. The fourth-order valence-electron chi connectivity index (χ4n) is 1.63. The third-order valence-corrected chi connectivity index (χ3v) is 2.58. The number of rotatable bonds is 2. The standard InChI is InChI=1S/C10H12ClN3/c1-7-9(4-5-12)14-6-2-3-8(11)10(14)13-7/h2-3,6H,4-5,12H2,1H3. The fraction of sp³-hybridized carbons (Fsp3) is 0.300. The van der Waals surface area contributed by atoms with E-state index in [1.807, 2.05) is 29.7 Å². The van der Waals surface area contributed by atoms with E-state index in [0.29, 0.717) is 11.6 Å². The summed E-state index contributed by atoms with van der Waals surface area (Å²) in [5, 5.41) is 0.680. The van der Waals surface area contributed by atoms with E-state index < -0.39 is 0 Å². The Labute approximate surface area is 87.5 Å². The van der Waals surface area contributed by atoms with Gasteiger partial charge in [-0.1, -0.05) is 11.6 Å². The second-order valence-corrected chi connectivity index (χ2v) is 3.64. The SMILES string of the molecule is Cc1nc2c(Cl)cccn2c1CCN. The van der Waals surface area contributed by atoms with Gasteiger partial charge in [0.05, 0.1) is 10.7 Å². The molecule has 0 unspecified atom stereocenters. The number of aryl methyl sites for hydroxylation is 1. The van der Waals surface area contributed by atoms with Gasteiger partial charge in [-0.2, -0.15) is 0 Å². The molecule has 0 radical (unpaired) electrons. The van der Waals surface area contributed by atoms with E-state index in [1.54, 1.807) is 0 Å². The molecule has 0 bridgehead atoms. The summed E-state index contributed by atoms with van der Waals surface area (Å²) in [5.74, 6) is 0. The summed E-state index contributed by atoms with van der Waals surface area (Å²) in [4.78, 5) is 4.41. The Bertz CT molecular complexity index is 462. The van der Waals surface area contributed by atoms with Gasteiger partial charge in [-0.05, 0) is 25.6 Å². The molecule has 2 aromatic rings. The van der Waals surface area contributed by atoms with E-state index in [4.69, 9.17) is 17.3 Å². The largest absolute Gasteiger partial charge is 0.330 e. The molecule has 0 fully saturated rings. The molecular formula is C10H12ClN3. The zero-order chi connectivity index (χ0) is 10.1. The van der Waals surface area contributed by atoms with Crippen molar-refractivity contribution in [2.24, 2.45) is 5.73 Å². The number of nitrogens with two attached hydrogens (primary N) is 1. The minimum Gasteiger partial charge on any atom is -0.330 e. The van der Waals surface area contributed by atoms with Crippen molar-refractivity contribution in [3.05, 3.63) is 34.7 Å².